The number of anilines is 1. The number of nitrogens with one attached hydrogen (secondary N) is 2. The normalized spacial score (nSPS) is 14.6. The summed E-state index contributed by atoms with van der Waals surface area (Å²) in [5.41, 5.74) is 3.95. The largest absolute Gasteiger partial charge is 0.509 e. The molecule has 0 aliphatic carbocycles. The maximum atomic E-state index is 10.5. The van der Waals surface area contributed by atoms with Crippen molar-refractivity contribution in [2.75, 3.05) is 18.6 Å². The Balaban J connectivity index is 1.74. The van der Waals surface area contributed by atoms with Crippen molar-refractivity contribution in [2.45, 2.75) is 6.92 Å². The van der Waals surface area contributed by atoms with Gasteiger partial charge in [0, 0.05) is 11.8 Å². The Hall–Kier alpha value is -3.28. The molecule has 126 valence electrons. The fourth-order valence-corrected chi connectivity index (χ4v) is 3.13. The zero-order valence-corrected chi connectivity index (χ0v) is 14.0. The molecular weight excluding hydrogens is 316 g/mol. The number of H-pyrrole nitrogens is 1. The highest BCUT2D eigenvalue weighted by molar-refractivity contribution is 6.30. The Morgan fingerprint density at radius 2 is 2.04 bits per heavy atom. The molecule has 0 unspecified atom stereocenters. The number of hydrogen-bond donors (Lipinski definition) is 3. The number of aliphatic hydroxyl groups is 1. The van der Waals surface area contributed by atoms with Crippen LogP contribution in [0.15, 0.2) is 48.2 Å². The highest BCUT2D eigenvalue weighted by Gasteiger charge is 2.31. The van der Waals surface area contributed by atoms with E-state index in [2.05, 4.69) is 9.97 Å². The minimum Gasteiger partial charge on any atom is -0.509 e. The average Bonchev–Trinajstić information content (AvgIpc) is 3.14. The van der Waals surface area contributed by atoms with Crippen molar-refractivity contribution in [3.05, 3.63) is 59.6 Å². The molecular formula is C19H18N4O2. The van der Waals surface area contributed by atoms with Crippen LogP contribution in [0.1, 0.15) is 11.4 Å². The lowest BCUT2D eigenvalue weighted by molar-refractivity contribution is 0.411. The van der Waals surface area contributed by atoms with E-state index in [9.17, 15) is 5.11 Å². The number of imidazole rings is 1. The predicted molar refractivity (Wildman–Crippen MR) is 98.4 cm³/mol. The molecule has 2 heterocycles. The first-order valence-electron chi connectivity index (χ1n) is 7.97. The number of amidine groups is 1. The molecule has 1 aliphatic rings. The standard InChI is InChI=1S/C19H18N4O2/c1-11-5-3-4-6-15(11)23-10-16(24)17(18(23)20)19-21-13-8-7-12(25-2)9-14(13)22-19/h3-9,20,24H,10H2,1-2H3,(H,21,22). The number of aliphatic hydroxyl groups excluding tert-OH is 1. The number of aromatic amines is 1. The molecule has 0 radical (unpaired) electrons. The van der Waals surface area contributed by atoms with Crippen LogP contribution in [0, 0.1) is 12.3 Å². The molecule has 0 amide bonds. The number of aromatic nitrogens is 2. The van der Waals surface area contributed by atoms with Gasteiger partial charge < -0.3 is 19.7 Å². The number of rotatable bonds is 3. The van der Waals surface area contributed by atoms with Gasteiger partial charge in [-0.1, -0.05) is 18.2 Å². The van der Waals surface area contributed by atoms with Gasteiger partial charge in [-0.15, -0.1) is 0 Å². The second kappa shape index (κ2) is 5.66. The number of aryl methyl sites for hydroxylation is 1. The Morgan fingerprint density at radius 1 is 1.24 bits per heavy atom. The minimum absolute atomic E-state index is 0.138. The molecule has 0 spiro atoms. The van der Waals surface area contributed by atoms with Gasteiger partial charge >= 0.3 is 0 Å². The number of benzene rings is 2. The van der Waals surface area contributed by atoms with Crippen molar-refractivity contribution >= 4 is 28.1 Å². The molecule has 4 rings (SSSR count). The molecule has 6 nitrogen and oxygen atoms in total. The van der Waals surface area contributed by atoms with E-state index in [0.717, 1.165) is 28.0 Å². The molecule has 6 heteroatoms. The molecule has 2 aromatic carbocycles. The third kappa shape index (κ3) is 2.42. The van der Waals surface area contributed by atoms with Crippen LogP contribution in [0.2, 0.25) is 0 Å². The van der Waals surface area contributed by atoms with Gasteiger partial charge in [-0.3, -0.25) is 5.41 Å². The van der Waals surface area contributed by atoms with Crippen molar-refractivity contribution in [3.8, 4) is 5.75 Å². The second-order valence-corrected chi connectivity index (χ2v) is 6.01. The topological polar surface area (TPSA) is 85.2 Å². The van der Waals surface area contributed by atoms with E-state index < -0.39 is 0 Å². The second-order valence-electron chi connectivity index (χ2n) is 6.01. The number of nitrogens with zero attached hydrogens (tertiary/aromatic N) is 2. The fraction of sp³-hybridized carbons (Fsp3) is 0.158. The van der Waals surface area contributed by atoms with Gasteiger partial charge in [-0.2, -0.15) is 0 Å². The van der Waals surface area contributed by atoms with Gasteiger partial charge in [-0.25, -0.2) is 4.98 Å². The van der Waals surface area contributed by atoms with Crippen LogP contribution in [-0.4, -0.2) is 34.6 Å². The summed E-state index contributed by atoms with van der Waals surface area (Å²) in [6, 6.07) is 13.4. The summed E-state index contributed by atoms with van der Waals surface area (Å²) >= 11 is 0. The minimum atomic E-state index is 0.138. The summed E-state index contributed by atoms with van der Waals surface area (Å²) in [7, 11) is 1.61. The zero-order valence-electron chi connectivity index (χ0n) is 14.0. The first kappa shape index (κ1) is 15.3. The quantitative estimate of drug-likeness (QED) is 0.682. The molecule has 0 saturated heterocycles. The van der Waals surface area contributed by atoms with Gasteiger partial charge in [-0.05, 0) is 30.7 Å². The van der Waals surface area contributed by atoms with Crippen LogP contribution in [-0.2, 0) is 0 Å². The lowest BCUT2D eigenvalue weighted by Crippen LogP contribution is -2.26. The summed E-state index contributed by atoms with van der Waals surface area (Å²) in [5, 5.41) is 19.0. The Kier molecular flexibility index (Phi) is 3.46. The monoisotopic (exact) mass is 334 g/mol. The molecule has 3 N–H and O–H groups in total. The number of methoxy groups -OCH3 is 1. The Morgan fingerprint density at radius 3 is 2.80 bits per heavy atom. The first-order valence-corrected chi connectivity index (χ1v) is 7.97. The maximum Gasteiger partial charge on any atom is 0.145 e. The third-order valence-corrected chi connectivity index (χ3v) is 4.44. The van der Waals surface area contributed by atoms with E-state index in [1.54, 1.807) is 12.0 Å². The van der Waals surface area contributed by atoms with E-state index in [-0.39, 0.29) is 18.1 Å². The average molecular weight is 334 g/mol. The van der Waals surface area contributed by atoms with E-state index in [4.69, 9.17) is 10.1 Å². The van der Waals surface area contributed by atoms with Crippen molar-refractivity contribution in [1.82, 2.24) is 9.97 Å². The smallest absolute Gasteiger partial charge is 0.145 e. The van der Waals surface area contributed by atoms with Crippen LogP contribution in [0.25, 0.3) is 16.6 Å². The van der Waals surface area contributed by atoms with Gasteiger partial charge in [0.15, 0.2) is 0 Å². The highest BCUT2D eigenvalue weighted by Crippen LogP contribution is 2.32. The van der Waals surface area contributed by atoms with E-state index in [1.807, 2.05) is 49.4 Å². The predicted octanol–water partition coefficient (Wildman–Crippen LogP) is 3.65. The molecule has 0 atom stereocenters. The van der Waals surface area contributed by atoms with Crippen molar-refractivity contribution in [2.24, 2.45) is 0 Å². The number of para-hydroxylation sites is 1. The molecule has 3 aromatic rings. The molecule has 1 aromatic heterocycles. The van der Waals surface area contributed by atoms with Crippen LogP contribution >= 0.6 is 0 Å². The summed E-state index contributed by atoms with van der Waals surface area (Å²) < 4.78 is 5.23. The van der Waals surface area contributed by atoms with Gasteiger partial charge in [0.2, 0.25) is 0 Å². The Bertz CT molecular complexity index is 1020. The fourth-order valence-electron chi connectivity index (χ4n) is 3.13. The molecule has 25 heavy (non-hydrogen) atoms. The van der Waals surface area contributed by atoms with Gasteiger partial charge in [0.1, 0.15) is 23.2 Å². The lowest BCUT2D eigenvalue weighted by atomic mass is 10.1. The summed E-state index contributed by atoms with van der Waals surface area (Å²) in [4.78, 5) is 9.49. The van der Waals surface area contributed by atoms with E-state index >= 15 is 0 Å². The molecule has 0 saturated carbocycles. The molecule has 0 fully saturated rings. The van der Waals surface area contributed by atoms with E-state index in [0.29, 0.717) is 11.4 Å². The third-order valence-electron chi connectivity index (χ3n) is 4.44. The Labute approximate surface area is 144 Å². The number of fused-ring (bicyclic) bond motifs is 1. The van der Waals surface area contributed by atoms with Crippen molar-refractivity contribution in [1.29, 1.82) is 5.41 Å². The van der Waals surface area contributed by atoms with Crippen LogP contribution < -0.4 is 9.64 Å². The number of hydrogen-bond acceptors (Lipinski definition) is 4. The summed E-state index contributed by atoms with van der Waals surface area (Å²) in [6.45, 7) is 2.25. The van der Waals surface area contributed by atoms with Crippen LogP contribution in [0.4, 0.5) is 5.69 Å². The first-order chi connectivity index (χ1) is 12.1. The lowest BCUT2D eigenvalue weighted by Gasteiger charge is -2.20. The summed E-state index contributed by atoms with van der Waals surface area (Å²) in [5.74, 6) is 1.59. The van der Waals surface area contributed by atoms with Crippen molar-refractivity contribution < 1.29 is 9.84 Å². The number of ether oxygens (including phenoxy) is 1. The molecule has 0 bridgehead atoms. The van der Waals surface area contributed by atoms with Gasteiger partial charge in [0.25, 0.3) is 0 Å². The maximum absolute atomic E-state index is 10.5. The van der Waals surface area contributed by atoms with Crippen LogP contribution in [0.3, 0.4) is 0 Å². The van der Waals surface area contributed by atoms with Crippen molar-refractivity contribution in [3.63, 3.8) is 0 Å². The van der Waals surface area contributed by atoms with E-state index in [1.165, 1.54) is 0 Å². The zero-order chi connectivity index (χ0) is 17.6. The SMILES string of the molecule is COc1ccc2nc(C3=C(O)CN(c4ccccc4C)C3=N)[nH]c2c1. The van der Waals surface area contributed by atoms with Crippen LogP contribution in [0.5, 0.6) is 5.75 Å². The van der Waals surface area contributed by atoms with Gasteiger partial charge in [0.05, 0.1) is 30.3 Å². The molecule has 1 aliphatic heterocycles. The summed E-state index contributed by atoms with van der Waals surface area (Å²) in [6.07, 6.45) is 0. The highest BCUT2D eigenvalue weighted by atomic mass is 16.5.